The molecule has 0 saturated heterocycles. The number of hydrogen-bond donors (Lipinski definition) is 2. The van der Waals surface area contributed by atoms with Crippen LogP contribution < -0.4 is 16.2 Å². The van der Waals surface area contributed by atoms with Gasteiger partial charge in [-0.05, 0) is 23.1 Å². The summed E-state index contributed by atoms with van der Waals surface area (Å²) in [5.41, 5.74) is 11.5. The third-order valence-corrected chi connectivity index (χ3v) is 3.79. The second kappa shape index (κ2) is 4.57. The topological polar surface area (TPSA) is 90.7 Å². The molecular weight excluding hydrogens is 242 g/mol. The predicted octanol–water partition coefficient (Wildman–Crippen LogP) is 1.23. The molecule has 1 aromatic rings. The van der Waals surface area contributed by atoms with E-state index in [2.05, 4.69) is 4.99 Å². The molecule has 1 amide bonds. The highest BCUT2D eigenvalue weighted by Gasteiger charge is 2.62. The zero-order valence-corrected chi connectivity index (χ0v) is 11.4. The average Bonchev–Trinajstić information content (AvgIpc) is 2.91. The number of nitrogens with zero attached hydrogens (tertiary/aromatic N) is 1. The Balaban J connectivity index is 2.26. The zero-order valence-electron chi connectivity index (χ0n) is 11.4. The van der Waals surface area contributed by atoms with Gasteiger partial charge in [0, 0.05) is 5.92 Å². The molecule has 5 nitrogen and oxygen atoms in total. The van der Waals surface area contributed by atoms with Crippen LogP contribution in [0.1, 0.15) is 25.3 Å². The van der Waals surface area contributed by atoms with E-state index in [0.29, 0.717) is 0 Å². The quantitative estimate of drug-likeness (QED) is 0.632. The van der Waals surface area contributed by atoms with Gasteiger partial charge in [-0.25, -0.2) is 0 Å². The highest BCUT2D eigenvalue weighted by molar-refractivity contribution is 5.95. The summed E-state index contributed by atoms with van der Waals surface area (Å²) in [7, 11) is 1.62. The van der Waals surface area contributed by atoms with Crippen LogP contribution in [0.15, 0.2) is 29.3 Å². The van der Waals surface area contributed by atoms with Crippen LogP contribution >= 0.6 is 0 Å². The number of ether oxygens (including phenoxy) is 1. The Hall–Kier alpha value is -2.04. The van der Waals surface area contributed by atoms with Crippen molar-refractivity contribution < 1.29 is 9.53 Å². The van der Waals surface area contributed by atoms with E-state index in [4.69, 9.17) is 16.2 Å². The second-order valence-electron chi connectivity index (χ2n) is 5.43. The molecule has 2 atom stereocenters. The summed E-state index contributed by atoms with van der Waals surface area (Å²) in [5, 5.41) is 0. The molecule has 0 unspecified atom stereocenters. The van der Waals surface area contributed by atoms with Crippen molar-refractivity contribution in [1.29, 1.82) is 0 Å². The van der Waals surface area contributed by atoms with Crippen LogP contribution in [0.4, 0.5) is 0 Å². The van der Waals surface area contributed by atoms with Crippen LogP contribution in [-0.4, -0.2) is 19.0 Å². The summed E-state index contributed by atoms with van der Waals surface area (Å²) in [6.07, 6.45) is 0. The van der Waals surface area contributed by atoms with Gasteiger partial charge in [-0.2, -0.15) is 4.99 Å². The molecule has 4 N–H and O–H groups in total. The number of hydrogen-bond acceptors (Lipinski definition) is 2. The summed E-state index contributed by atoms with van der Waals surface area (Å²) in [6.45, 7) is 4.09. The van der Waals surface area contributed by atoms with E-state index in [1.165, 1.54) is 0 Å². The third-order valence-electron chi connectivity index (χ3n) is 3.79. The molecule has 1 aliphatic carbocycles. The highest BCUT2D eigenvalue weighted by Crippen LogP contribution is 2.65. The molecule has 2 rings (SSSR count). The Morgan fingerprint density at radius 3 is 2.63 bits per heavy atom. The van der Waals surface area contributed by atoms with Crippen molar-refractivity contribution >= 4 is 11.9 Å². The standard InChI is InChI=1S/C14H19N3O2/c1-14(2)10(11(14)12(18)17-13(15)16)8-5-4-6-9(7-8)19-3/h4-7,10-11H,1-3H3,(H4,15,16,17,18)/t10-,11+/m1/s1. The minimum Gasteiger partial charge on any atom is -0.497 e. The fourth-order valence-electron chi connectivity index (χ4n) is 2.75. The lowest BCUT2D eigenvalue weighted by Crippen LogP contribution is -2.25. The van der Waals surface area contributed by atoms with Crippen molar-refractivity contribution in [2.75, 3.05) is 7.11 Å². The van der Waals surface area contributed by atoms with Gasteiger partial charge in [0.2, 0.25) is 0 Å². The van der Waals surface area contributed by atoms with E-state index in [1.807, 2.05) is 38.1 Å². The van der Waals surface area contributed by atoms with Crippen LogP contribution in [0, 0.1) is 11.3 Å². The van der Waals surface area contributed by atoms with Gasteiger partial charge in [0.25, 0.3) is 5.91 Å². The Kier molecular flexibility index (Phi) is 3.22. The lowest BCUT2D eigenvalue weighted by Gasteiger charge is -2.05. The van der Waals surface area contributed by atoms with Gasteiger partial charge in [-0.15, -0.1) is 0 Å². The van der Waals surface area contributed by atoms with E-state index in [-0.39, 0.29) is 29.1 Å². The van der Waals surface area contributed by atoms with Crippen molar-refractivity contribution in [3.63, 3.8) is 0 Å². The summed E-state index contributed by atoms with van der Waals surface area (Å²) in [5.74, 6) is 0.294. The first-order chi connectivity index (χ1) is 8.87. The maximum Gasteiger partial charge on any atom is 0.253 e. The molecule has 19 heavy (non-hydrogen) atoms. The van der Waals surface area contributed by atoms with Crippen LogP contribution in [0.5, 0.6) is 5.75 Å². The van der Waals surface area contributed by atoms with Crippen LogP contribution in [0.3, 0.4) is 0 Å². The summed E-state index contributed by atoms with van der Waals surface area (Å²) < 4.78 is 5.21. The number of amides is 1. The average molecular weight is 261 g/mol. The van der Waals surface area contributed by atoms with E-state index in [1.54, 1.807) is 7.11 Å². The Bertz CT molecular complexity index is 533. The number of methoxy groups -OCH3 is 1. The molecule has 1 aromatic carbocycles. The normalized spacial score (nSPS) is 23.5. The number of nitrogens with two attached hydrogens (primary N) is 2. The van der Waals surface area contributed by atoms with Crippen molar-refractivity contribution in [2.24, 2.45) is 27.8 Å². The molecule has 0 radical (unpaired) electrons. The minimum atomic E-state index is -0.252. The summed E-state index contributed by atoms with van der Waals surface area (Å²) >= 11 is 0. The van der Waals surface area contributed by atoms with Gasteiger partial charge < -0.3 is 16.2 Å². The number of guanidine groups is 1. The summed E-state index contributed by atoms with van der Waals surface area (Å²) in [4.78, 5) is 15.6. The van der Waals surface area contributed by atoms with E-state index < -0.39 is 0 Å². The largest absolute Gasteiger partial charge is 0.497 e. The highest BCUT2D eigenvalue weighted by atomic mass is 16.5. The molecule has 0 aliphatic heterocycles. The van der Waals surface area contributed by atoms with Crippen molar-refractivity contribution in [3.8, 4) is 5.75 Å². The molecule has 0 heterocycles. The van der Waals surface area contributed by atoms with E-state index >= 15 is 0 Å². The van der Waals surface area contributed by atoms with Crippen molar-refractivity contribution in [2.45, 2.75) is 19.8 Å². The fourth-order valence-corrected chi connectivity index (χ4v) is 2.75. The molecule has 0 bridgehead atoms. The number of carbonyl (C=O) groups is 1. The maximum atomic E-state index is 12.0. The molecule has 102 valence electrons. The first-order valence-corrected chi connectivity index (χ1v) is 6.15. The number of rotatable bonds is 3. The van der Waals surface area contributed by atoms with Crippen LogP contribution in [0.25, 0.3) is 0 Å². The monoisotopic (exact) mass is 261 g/mol. The minimum absolute atomic E-state index is 0.123. The maximum absolute atomic E-state index is 12.0. The van der Waals surface area contributed by atoms with Crippen molar-refractivity contribution in [3.05, 3.63) is 29.8 Å². The number of carbonyl (C=O) groups excluding carboxylic acids is 1. The lowest BCUT2D eigenvalue weighted by molar-refractivity contribution is -0.119. The molecule has 0 aromatic heterocycles. The van der Waals surface area contributed by atoms with Gasteiger partial charge in [-0.1, -0.05) is 26.0 Å². The van der Waals surface area contributed by atoms with E-state index in [9.17, 15) is 4.79 Å². The SMILES string of the molecule is COc1cccc([C@@H]2[C@@H](C(=O)N=C(N)N)C2(C)C)c1. The van der Waals surface area contributed by atoms with Gasteiger partial charge in [0.15, 0.2) is 5.96 Å². The lowest BCUT2D eigenvalue weighted by atomic mass is 10.0. The Labute approximate surface area is 112 Å². The number of aliphatic imine (C=N–C) groups is 1. The third kappa shape index (κ3) is 2.41. The van der Waals surface area contributed by atoms with Gasteiger partial charge in [0.1, 0.15) is 5.75 Å². The predicted molar refractivity (Wildman–Crippen MR) is 73.8 cm³/mol. The van der Waals surface area contributed by atoms with E-state index in [0.717, 1.165) is 11.3 Å². The first kappa shape index (κ1) is 13.4. The molecule has 1 fully saturated rings. The Morgan fingerprint density at radius 1 is 1.37 bits per heavy atom. The molecule has 5 heteroatoms. The molecule has 1 aliphatic rings. The molecule has 0 spiro atoms. The van der Waals surface area contributed by atoms with Crippen molar-refractivity contribution in [1.82, 2.24) is 0 Å². The molecular formula is C14H19N3O2. The first-order valence-electron chi connectivity index (χ1n) is 6.15. The van der Waals surface area contributed by atoms with Crippen LogP contribution in [0.2, 0.25) is 0 Å². The molecule has 1 saturated carbocycles. The van der Waals surface area contributed by atoms with Crippen LogP contribution in [-0.2, 0) is 4.79 Å². The van der Waals surface area contributed by atoms with Gasteiger partial charge in [-0.3, -0.25) is 4.79 Å². The summed E-state index contributed by atoms with van der Waals surface area (Å²) in [6, 6.07) is 7.75. The second-order valence-corrected chi connectivity index (χ2v) is 5.43. The Morgan fingerprint density at radius 2 is 2.05 bits per heavy atom. The zero-order chi connectivity index (χ0) is 14.2. The van der Waals surface area contributed by atoms with Gasteiger partial charge >= 0.3 is 0 Å². The fraction of sp³-hybridized carbons (Fsp3) is 0.429. The smallest absolute Gasteiger partial charge is 0.253 e. The van der Waals surface area contributed by atoms with Gasteiger partial charge in [0.05, 0.1) is 13.0 Å². The number of benzene rings is 1.